The van der Waals surface area contributed by atoms with Crippen molar-refractivity contribution < 1.29 is 40.6 Å². The van der Waals surface area contributed by atoms with Crippen molar-refractivity contribution in [1.82, 2.24) is 0 Å². The molecule has 0 atom stereocenters. The molecule has 0 aromatic heterocycles. The van der Waals surface area contributed by atoms with E-state index in [1.807, 2.05) is 0 Å². The van der Waals surface area contributed by atoms with Crippen LogP contribution < -0.4 is 15.2 Å². The van der Waals surface area contributed by atoms with Crippen molar-refractivity contribution in [3.63, 3.8) is 0 Å². The number of benzene rings is 4. The first-order valence-electron chi connectivity index (χ1n) is 11.5. The number of primary amides is 1. The Labute approximate surface area is 219 Å². The molecule has 0 radical (unpaired) electrons. The third-order valence-electron chi connectivity index (χ3n) is 5.87. The standard InChI is InChI=1S/C29H21F6NO3/c30-28(31,32)23-11-1-3-13-25(23)38-16-20-9-6-10-21(18-7-5-8-19(15-18)27(36)37)22(20)17-39-26-14-4-2-12-24(26)29(33,34)35/h1-15H,16-17H2,(H2,36,37). The topological polar surface area (TPSA) is 61.6 Å². The number of halogens is 6. The average molecular weight is 545 g/mol. The maximum absolute atomic E-state index is 13.5. The van der Waals surface area contributed by atoms with E-state index in [0.717, 1.165) is 12.1 Å². The van der Waals surface area contributed by atoms with Gasteiger partial charge in [0.05, 0.1) is 11.1 Å². The number of amides is 1. The number of ether oxygens (including phenoxy) is 2. The molecule has 4 aromatic rings. The Kier molecular flexibility index (Phi) is 7.85. The largest absolute Gasteiger partial charge is 0.488 e. The summed E-state index contributed by atoms with van der Waals surface area (Å²) in [4.78, 5) is 11.7. The summed E-state index contributed by atoms with van der Waals surface area (Å²) in [5, 5.41) is 0. The molecule has 0 spiro atoms. The van der Waals surface area contributed by atoms with Crippen molar-refractivity contribution in [3.8, 4) is 22.6 Å². The number of hydrogen-bond acceptors (Lipinski definition) is 3. The van der Waals surface area contributed by atoms with Gasteiger partial charge < -0.3 is 15.2 Å². The molecule has 4 nitrogen and oxygen atoms in total. The van der Waals surface area contributed by atoms with Crippen LogP contribution in [0.3, 0.4) is 0 Å². The first kappa shape index (κ1) is 27.6. The van der Waals surface area contributed by atoms with E-state index in [1.165, 1.54) is 48.5 Å². The Morgan fingerprint density at radius 3 is 1.77 bits per heavy atom. The van der Waals surface area contributed by atoms with Gasteiger partial charge in [0.15, 0.2) is 0 Å². The highest BCUT2D eigenvalue weighted by Crippen LogP contribution is 2.38. The molecule has 0 unspecified atom stereocenters. The van der Waals surface area contributed by atoms with Gasteiger partial charge in [0.1, 0.15) is 24.7 Å². The molecular formula is C29H21F6NO3. The van der Waals surface area contributed by atoms with Crippen LogP contribution in [-0.2, 0) is 25.6 Å². The summed E-state index contributed by atoms with van der Waals surface area (Å²) in [6.45, 7) is -0.709. The number of hydrogen-bond donors (Lipinski definition) is 1. The number of rotatable bonds is 8. The number of alkyl halides is 6. The summed E-state index contributed by atoms with van der Waals surface area (Å²) < 4.78 is 92.1. The fourth-order valence-corrected chi connectivity index (χ4v) is 4.01. The third kappa shape index (κ3) is 6.51. The van der Waals surface area contributed by atoms with E-state index in [1.54, 1.807) is 30.3 Å². The maximum Gasteiger partial charge on any atom is 0.419 e. The molecule has 0 aliphatic rings. The van der Waals surface area contributed by atoms with Crippen molar-refractivity contribution in [2.75, 3.05) is 0 Å². The van der Waals surface area contributed by atoms with E-state index in [9.17, 15) is 31.1 Å². The number of carbonyl (C=O) groups is 1. The van der Waals surface area contributed by atoms with Gasteiger partial charge in [-0.1, -0.05) is 54.6 Å². The second-order valence-electron chi connectivity index (χ2n) is 8.45. The lowest BCUT2D eigenvalue weighted by Crippen LogP contribution is -2.12. The molecule has 4 aromatic carbocycles. The van der Waals surface area contributed by atoms with Crippen LogP contribution in [0.25, 0.3) is 11.1 Å². The van der Waals surface area contributed by atoms with Crippen molar-refractivity contribution in [2.45, 2.75) is 25.6 Å². The average Bonchev–Trinajstić information content (AvgIpc) is 2.90. The predicted molar refractivity (Wildman–Crippen MR) is 132 cm³/mol. The van der Waals surface area contributed by atoms with Gasteiger partial charge >= 0.3 is 12.4 Å². The quantitative estimate of drug-likeness (QED) is 0.232. The minimum Gasteiger partial charge on any atom is -0.488 e. The zero-order chi connectivity index (χ0) is 28.2. The minimum absolute atomic E-state index is 0.197. The Bertz CT molecular complexity index is 1480. The van der Waals surface area contributed by atoms with Crippen molar-refractivity contribution in [2.24, 2.45) is 5.73 Å². The summed E-state index contributed by atoms with van der Waals surface area (Å²) >= 11 is 0. The molecule has 4 rings (SSSR count). The molecular weight excluding hydrogens is 524 g/mol. The lowest BCUT2D eigenvalue weighted by molar-refractivity contribution is -0.140. The van der Waals surface area contributed by atoms with E-state index in [0.29, 0.717) is 22.3 Å². The van der Waals surface area contributed by atoms with Crippen LogP contribution in [0.4, 0.5) is 26.3 Å². The van der Waals surface area contributed by atoms with Crippen molar-refractivity contribution in [3.05, 3.63) is 119 Å². The van der Waals surface area contributed by atoms with E-state index in [2.05, 4.69) is 0 Å². The van der Waals surface area contributed by atoms with E-state index >= 15 is 0 Å². The predicted octanol–water partition coefficient (Wildman–Crippen LogP) is 7.65. The molecule has 0 aliphatic carbocycles. The molecule has 2 N–H and O–H groups in total. The fraction of sp³-hybridized carbons (Fsp3) is 0.138. The maximum atomic E-state index is 13.5. The van der Waals surface area contributed by atoms with E-state index < -0.39 is 40.9 Å². The van der Waals surface area contributed by atoms with Crippen LogP contribution in [-0.4, -0.2) is 5.91 Å². The van der Waals surface area contributed by atoms with Crippen LogP contribution in [0.1, 0.15) is 32.6 Å². The molecule has 1 amide bonds. The molecule has 0 saturated heterocycles. The van der Waals surface area contributed by atoms with Crippen LogP contribution in [0.5, 0.6) is 11.5 Å². The number of nitrogens with two attached hydrogens (primary N) is 1. The SMILES string of the molecule is NC(=O)c1cccc(-c2cccc(COc3ccccc3C(F)(F)F)c2COc2ccccc2C(F)(F)F)c1. The van der Waals surface area contributed by atoms with Crippen molar-refractivity contribution in [1.29, 1.82) is 0 Å². The van der Waals surface area contributed by atoms with Crippen LogP contribution in [0.2, 0.25) is 0 Å². The van der Waals surface area contributed by atoms with Gasteiger partial charge in [-0.15, -0.1) is 0 Å². The molecule has 0 aliphatic heterocycles. The molecule has 10 heteroatoms. The summed E-state index contributed by atoms with van der Waals surface area (Å²) in [7, 11) is 0. The van der Waals surface area contributed by atoms with Gasteiger partial charge in [-0.2, -0.15) is 26.3 Å². The molecule has 0 saturated carbocycles. The normalized spacial score (nSPS) is 11.7. The van der Waals surface area contributed by atoms with Gasteiger partial charge in [0, 0.05) is 11.1 Å². The lowest BCUT2D eigenvalue weighted by atomic mass is 9.94. The highest BCUT2D eigenvalue weighted by atomic mass is 19.4. The second-order valence-corrected chi connectivity index (χ2v) is 8.45. The smallest absolute Gasteiger partial charge is 0.419 e. The Morgan fingerprint density at radius 1 is 0.667 bits per heavy atom. The van der Waals surface area contributed by atoms with E-state index in [-0.39, 0.29) is 18.8 Å². The third-order valence-corrected chi connectivity index (χ3v) is 5.87. The second kappa shape index (κ2) is 11.1. The Hall–Kier alpha value is -4.47. The Morgan fingerprint density at radius 2 is 1.21 bits per heavy atom. The van der Waals surface area contributed by atoms with Gasteiger partial charge in [0.25, 0.3) is 0 Å². The first-order chi connectivity index (χ1) is 18.4. The van der Waals surface area contributed by atoms with Gasteiger partial charge in [-0.05, 0) is 53.1 Å². The summed E-state index contributed by atoms with van der Waals surface area (Å²) in [5.41, 5.74) is 5.38. The van der Waals surface area contributed by atoms with Crippen LogP contribution in [0.15, 0.2) is 91.0 Å². The van der Waals surface area contributed by atoms with Gasteiger partial charge in [-0.3, -0.25) is 4.79 Å². The summed E-state index contributed by atoms with van der Waals surface area (Å²) in [5.74, 6) is -1.50. The first-order valence-corrected chi connectivity index (χ1v) is 11.5. The highest BCUT2D eigenvalue weighted by Gasteiger charge is 2.35. The number of carbonyl (C=O) groups excluding carboxylic acids is 1. The van der Waals surface area contributed by atoms with Crippen LogP contribution in [0, 0.1) is 0 Å². The summed E-state index contributed by atoms with van der Waals surface area (Å²) in [6, 6.07) is 20.5. The minimum atomic E-state index is -4.67. The monoisotopic (exact) mass is 545 g/mol. The molecule has 39 heavy (non-hydrogen) atoms. The zero-order valence-corrected chi connectivity index (χ0v) is 20.1. The molecule has 0 fully saturated rings. The van der Waals surface area contributed by atoms with Crippen LogP contribution >= 0.6 is 0 Å². The number of para-hydroxylation sites is 2. The molecule has 0 heterocycles. The summed E-state index contributed by atoms with van der Waals surface area (Å²) in [6.07, 6.45) is -9.32. The zero-order valence-electron chi connectivity index (χ0n) is 20.1. The Balaban J connectivity index is 1.75. The van der Waals surface area contributed by atoms with Crippen molar-refractivity contribution >= 4 is 5.91 Å². The van der Waals surface area contributed by atoms with E-state index in [4.69, 9.17) is 15.2 Å². The molecule has 202 valence electrons. The fourth-order valence-electron chi connectivity index (χ4n) is 4.01. The van der Waals surface area contributed by atoms with Gasteiger partial charge in [-0.25, -0.2) is 0 Å². The lowest BCUT2D eigenvalue weighted by Gasteiger charge is -2.19. The van der Waals surface area contributed by atoms with Gasteiger partial charge in [0.2, 0.25) is 5.91 Å². The molecule has 0 bridgehead atoms. The highest BCUT2D eigenvalue weighted by molar-refractivity contribution is 5.94.